The summed E-state index contributed by atoms with van der Waals surface area (Å²) in [7, 11) is 0. The molecule has 0 atom stereocenters. The maximum absolute atomic E-state index is 11.8. The van der Waals surface area contributed by atoms with Gasteiger partial charge in [-0.3, -0.25) is 4.79 Å². The van der Waals surface area contributed by atoms with Crippen molar-refractivity contribution in [1.82, 2.24) is 5.32 Å². The molecule has 1 amide bonds. The molecule has 5 heteroatoms. The van der Waals surface area contributed by atoms with Crippen LogP contribution in [0.4, 0.5) is 0 Å². The number of rotatable bonds is 8. The van der Waals surface area contributed by atoms with Crippen LogP contribution < -0.4 is 10.1 Å². The molecule has 0 aliphatic carbocycles. The van der Waals surface area contributed by atoms with Gasteiger partial charge in [0.05, 0.1) is 6.61 Å². The van der Waals surface area contributed by atoms with Crippen molar-refractivity contribution in [3.63, 3.8) is 0 Å². The molecule has 0 saturated heterocycles. The van der Waals surface area contributed by atoms with Gasteiger partial charge in [-0.05, 0) is 52.2 Å². The van der Waals surface area contributed by atoms with E-state index in [-0.39, 0.29) is 12.3 Å². The molecule has 22 heavy (non-hydrogen) atoms. The lowest BCUT2D eigenvalue weighted by Gasteiger charge is -2.21. The Morgan fingerprint density at radius 1 is 1.32 bits per heavy atom. The van der Waals surface area contributed by atoms with Crippen LogP contribution in [0.15, 0.2) is 18.2 Å². The van der Waals surface area contributed by atoms with E-state index in [1.807, 2.05) is 26.0 Å². The summed E-state index contributed by atoms with van der Waals surface area (Å²) in [6, 6.07) is 6.00. The summed E-state index contributed by atoms with van der Waals surface area (Å²) in [6.07, 6.45) is 1.65. The Hall–Kier alpha value is -2.04. The highest BCUT2D eigenvalue weighted by Gasteiger charge is 2.28. The smallest absolute Gasteiger partial charge is 0.328 e. The molecule has 0 fully saturated rings. The average Bonchev–Trinajstić information content (AvgIpc) is 2.41. The maximum Gasteiger partial charge on any atom is 0.328 e. The highest BCUT2D eigenvalue weighted by atomic mass is 16.5. The first-order valence-corrected chi connectivity index (χ1v) is 7.53. The van der Waals surface area contributed by atoms with Crippen LogP contribution in [0.1, 0.15) is 44.7 Å². The molecule has 1 rings (SSSR count). The van der Waals surface area contributed by atoms with Crippen LogP contribution in [0.25, 0.3) is 0 Å². The maximum atomic E-state index is 11.8. The molecule has 0 aliphatic heterocycles. The first-order chi connectivity index (χ1) is 10.3. The van der Waals surface area contributed by atoms with Gasteiger partial charge in [-0.15, -0.1) is 0 Å². The Balaban J connectivity index is 2.55. The van der Waals surface area contributed by atoms with Crippen LogP contribution in [0.3, 0.4) is 0 Å². The monoisotopic (exact) mass is 307 g/mol. The number of carboxylic acid groups (broad SMARTS) is 1. The summed E-state index contributed by atoms with van der Waals surface area (Å²) >= 11 is 0. The number of carbonyl (C=O) groups excluding carboxylic acids is 1. The van der Waals surface area contributed by atoms with Gasteiger partial charge >= 0.3 is 5.97 Å². The van der Waals surface area contributed by atoms with Crippen LogP contribution >= 0.6 is 0 Å². The van der Waals surface area contributed by atoms with E-state index in [0.717, 1.165) is 23.3 Å². The summed E-state index contributed by atoms with van der Waals surface area (Å²) in [5.74, 6) is -0.449. The van der Waals surface area contributed by atoms with Crippen LogP contribution in [-0.2, 0) is 16.0 Å². The number of aryl methyl sites for hydroxylation is 2. The predicted octanol–water partition coefficient (Wildman–Crippen LogP) is 2.70. The highest BCUT2D eigenvalue weighted by molar-refractivity contribution is 5.86. The highest BCUT2D eigenvalue weighted by Crippen LogP contribution is 2.22. The molecule has 0 spiro atoms. The number of nitrogens with one attached hydrogen (secondary N) is 1. The van der Waals surface area contributed by atoms with Gasteiger partial charge in [0.2, 0.25) is 5.91 Å². The summed E-state index contributed by atoms with van der Waals surface area (Å²) < 4.78 is 5.58. The van der Waals surface area contributed by atoms with Gasteiger partial charge in [0, 0.05) is 6.42 Å². The number of ether oxygens (including phenoxy) is 1. The molecule has 1 aromatic carbocycles. The summed E-state index contributed by atoms with van der Waals surface area (Å²) in [5, 5.41) is 11.5. The molecule has 0 aliphatic rings. The first kappa shape index (κ1) is 18.0. The van der Waals surface area contributed by atoms with Crippen molar-refractivity contribution in [2.75, 3.05) is 6.61 Å². The van der Waals surface area contributed by atoms with E-state index in [4.69, 9.17) is 9.84 Å². The van der Waals surface area contributed by atoms with Gasteiger partial charge in [-0.2, -0.15) is 0 Å². The van der Waals surface area contributed by atoms with E-state index >= 15 is 0 Å². The minimum Gasteiger partial charge on any atom is -0.494 e. The van der Waals surface area contributed by atoms with E-state index in [1.165, 1.54) is 13.8 Å². The fraction of sp³-hybridized carbons (Fsp3) is 0.529. The quantitative estimate of drug-likeness (QED) is 0.774. The zero-order valence-electron chi connectivity index (χ0n) is 13.7. The number of aliphatic carboxylic acids is 1. The number of carboxylic acids is 1. The fourth-order valence-electron chi connectivity index (χ4n) is 2.10. The summed E-state index contributed by atoms with van der Waals surface area (Å²) in [6.45, 7) is 7.50. The van der Waals surface area contributed by atoms with Gasteiger partial charge in [0.15, 0.2) is 0 Å². The van der Waals surface area contributed by atoms with E-state index in [2.05, 4.69) is 11.4 Å². The van der Waals surface area contributed by atoms with Crippen molar-refractivity contribution in [3.05, 3.63) is 29.3 Å². The lowest BCUT2D eigenvalue weighted by atomic mass is 10.0. The Morgan fingerprint density at radius 2 is 2.00 bits per heavy atom. The van der Waals surface area contributed by atoms with Crippen molar-refractivity contribution in [3.8, 4) is 5.75 Å². The van der Waals surface area contributed by atoms with Crippen molar-refractivity contribution in [2.45, 2.75) is 52.5 Å². The minimum atomic E-state index is -1.24. The van der Waals surface area contributed by atoms with Gasteiger partial charge in [-0.25, -0.2) is 4.79 Å². The molecule has 0 bridgehead atoms. The van der Waals surface area contributed by atoms with Crippen LogP contribution in [0.5, 0.6) is 5.75 Å². The molecule has 2 N–H and O–H groups in total. The first-order valence-electron chi connectivity index (χ1n) is 7.53. The third kappa shape index (κ3) is 5.39. The number of hydrogen-bond acceptors (Lipinski definition) is 3. The van der Waals surface area contributed by atoms with Gasteiger partial charge < -0.3 is 15.2 Å². The van der Waals surface area contributed by atoms with Crippen LogP contribution in [0.2, 0.25) is 0 Å². The van der Waals surface area contributed by atoms with Crippen molar-refractivity contribution in [1.29, 1.82) is 0 Å². The SMILES string of the molecule is CCOc1ccc(C)cc1CCCC(=O)NC(C)(C)C(=O)O. The summed E-state index contributed by atoms with van der Waals surface area (Å²) in [4.78, 5) is 22.8. The minimum absolute atomic E-state index is 0.252. The molecule has 0 aromatic heterocycles. The van der Waals surface area contributed by atoms with Gasteiger partial charge in [0.1, 0.15) is 11.3 Å². The Bertz CT molecular complexity index is 537. The average molecular weight is 307 g/mol. The zero-order chi connectivity index (χ0) is 16.8. The third-order valence-corrected chi connectivity index (χ3v) is 3.35. The van der Waals surface area contributed by atoms with E-state index in [9.17, 15) is 9.59 Å². The van der Waals surface area contributed by atoms with E-state index < -0.39 is 11.5 Å². The molecule has 122 valence electrons. The fourth-order valence-corrected chi connectivity index (χ4v) is 2.10. The molecule has 0 heterocycles. The van der Waals surface area contributed by atoms with E-state index in [0.29, 0.717) is 13.0 Å². The predicted molar refractivity (Wildman–Crippen MR) is 85.1 cm³/mol. The number of hydrogen-bond donors (Lipinski definition) is 2. The summed E-state index contributed by atoms with van der Waals surface area (Å²) in [5.41, 5.74) is 0.985. The number of amides is 1. The van der Waals surface area contributed by atoms with Crippen LogP contribution in [0, 0.1) is 6.92 Å². The molecular formula is C17H25NO4. The Morgan fingerprint density at radius 3 is 2.59 bits per heavy atom. The second-order valence-corrected chi connectivity index (χ2v) is 5.88. The van der Waals surface area contributed by atoms with Gasteiger partial charge in [-0.1, -0.05) is 17.7 Å². The lowest BCUT2D eigenvalue weighted by molar-refractivity contribution is -0.146. The Kier molecular flexibility index (Phi) is 6.40. The van der Waals surface area contributed by atoms with Crippen molar-refractivity contribution in [2.24, 2.45) is 0 Å². The molecule has 5 nitrogen and oxygen atoms in total. The Labute approximate surface area is 131 Å². The van der Waals surface area contributed by atoms with Crippen molar-refractivity contribution >= 4 is 11.9 Å². The van der Waals surface area contributed by atoms with Crippen LogP contribution in [-0.4, -0.2) is 29.1 Å². The second-order valence-electron chi connectivity index (χ2n) is 5.88. The molecule has 0 radical (unpaired) electrons. The van der Waals surface area contributed by atoms with Gasteiger partial charge in [0.25, 0.3) is 0 Å². The normalized spacial score (nSPS) is 11.1. The lowest BCUT2D eigenvalue weighted by Crippen LogP contribution is -2.49. The molecular weight excluding hydrogens is 282 g/mol. The third-order valence-electron chi connectivity index (χ3n) is 3.35. The molecule has 1 aromatic rings. The largest absolute Gasteiger partial charge is 0.494 e. The second kappa shape index (κ2) is 7.82. The standard InChI is InChI=1S/C17H25NO4/c1-5-22-14-10-9-12(2)11-13(14)7-6-8-15(19)18-17(3,4)16(20)21/h9-11H,5-8H2,1-4H3,(H,18,19)(H,20,21). The number of carbonyl (C=O) groups is 2. The van der Waals surface area contributed by atoms with Crippen molar-refractivity contribution < 1.29 is 19.4 Å². The molecule has 0 unspecified atom stereocenters. The van der Waals surface area contributed by atoms with E-state index in [1.54, 1.807) is 0 Å². The number of benzene rings is 1. The zero-order valence-corrected chi connectivity index (χ0v) is 13.7. The topological polar surface area (TPSA) is 75.6 Å². The molecule has 0 saturated carbocycles.